The molecule has 3 nitrogen and oxygen atoms in total. The highest BCUT2D eigenvalue weighted by molar-refractivity contribution is 5.88. The van der Waals surface area contributed by atoms with E-state index in [1.54, 1.807) is 0 Å². The molecule has 0 heterocycles. The van der Waals surface area contributed by atoms with E-state index in [2.05, 4.69) is 37.3 Å². The second kappa shape index (κ2) is 3.49. The Kier molecular flexibility index (Phi) is 2.56. The summed E-state index contributed by atoms with van der Waals surface area (Å²) in [5.74, 6) is 5.08. The van der Waals surface area contributed by atoms with Crippen LogP contribution in [-0.2, 0) is 9.53 Å². The summed E-state index contributed by atoms with van der Waals surface area (Å²) in [4.78, 5) is 11.1. The van der Waals surface area contributed by atoms with Crippen molar-refractivity contribution in [3.05, 3.63) is 0 Å². The molecule has 0 aromatic carbocycles. The van der Waals surface area contributed by atoms with E-state index in [0.717, 1.165) is 12.8 Å². The van der Waals surface area contributed by atoms with Crippen LogP contribution in [0.4, 0.5) is 0 Å². The van der Waals surface area contributed by atoms with E-state index >= 15 is 0 Å². The van der Waals surface area contributed by atoms with Crippen LogP contribution in [-0.4, -0.2) is 23.8 Å². The van der Waals surface area contributed by atoms with Crippen LogP contribution < -0.4 is 0 Å². The molecule has 2 rings (SSSR count). The fourth-order valence-corrected chi connectivity index (χ4v) is 3.67. The van der Waals surface area contributed by atoms with E-state index in [1.807, 2.05) is 0 Å². The fraction of sp³-hybridized carbons (Fsp3) is 0.786. The smallest absolute Gasteiger partial charge is 0.384 e. The third-order valence-electron chi connectivity index (χ3n) is 5.45. The predicted octanol–water partition coefficient (Wildman–Crippen LogP) is 1.74. The number of hydrogen-bond acceptors (Lipinski definition) is 3. The van der Waals surface area contributed by atoms with E-state index in [-0.39, 0.29) is 10.8 Å². The molecule has 1 N–H and O–H groups in total. The molecule has 3 atom stereocenters. The van der Waals surface area contributed by atoms with Crippen molar-refractivity contribution in [3.63, 3.8) is 0 Å². The van der Waals surface area contributed by atoms with Gasteiger partial charge in [-0.3, -0.25) is 0 Å². The van der Waals surface area contributed by atoms with Crippen molar-refractivity contribution >= 4 is 5.97 Å². The summed E-state index contributed by atoms with van der Waals surface area (Å²) in [5.41, 5.74) is -1.20. The summed E-state index contributed by atoms with van der Waals surface area (Å²) in [5, 5.41) is 10.7. The molecule has 2 bridgehead atoms. The second-order valence-corrected chi connectivity index (χ2v) is 6.10. The van der Waals surface area contributed by atoms with Gasteiger partial charge in [-0.15, -0.1) is 0 Å². The highest BCUT2D eigenvalue weighted by Gasteiger charge is 2.68. The minimum atomic E-state index is -1.05. The van der Waals surface area contributed by atoms with Crippen molar-refractivity contribution < 1.29 is 14.6 Å². The van der Waals surface area contributed by atoms with E-state index in [1.165, 1.54) is 7.11 Å². The van der Waals surface area contributed by atoms with Gasteiger partial charge < -0.3 is 9.84 Å². The Hall–Kier alpha value is -1.01. The van der Waals surface area contributed by atoms with Crippen molar-refractivity contribution in [2.75, 3.05) is 7.11 Å². The number of hydrogen-bond donors (Lipinski definition) is 1. The van der Waals surface area contributed by atoms with Gasteiger partial charge in [0.15, 0.2) is 0 Å². The highest BCUT2D eigenvalue weighted by atomic mass is 16.5. The Morgan fingerprint density at radius 2 is 2.06 bits per heavy atom. The van der Waals surface area contributed by atoms with Gasteiger partial charge in [-0.25, -0.2) is 4.79 Å². The number of aliphatic hydroxyl groups is 1. The number of methoxy groups -OCH3 is 1. The molecular formula is C14H20O3. The monoisotopic (exact) mass is 236 g/mol. The third kappa shape index (κ3) is 1.43. The molecule has 0 spiro atoms. The Bertz CT molecular complexity index is 415. The normalized spacial score (nSPS) is 41.8. The van der Waals surface area contributed by atoms with Crippen LogP contribution >= 0.6 is 0 Å². The summed E-state index contributed by atoms with van der Waals surface area (Å²) >= 11 is 0. The molecule has 0 amide bonds. The Labute approximate surface area is 103 Å². The molecule has 0 saturated heterocycles. The van der Waals surface area contributed by atoms with Crippen molar-refractivity contribution in [1.82, 2.24) is 0 Å². The molecule has 94 valence electrons. The van der Waals surface area contributed by atoms with Crippen LogP contribution in [0.2, 0.25) is 0 Å². The SMILES string of the molecule is COC(=O)C#C[C@@]1(O)C[C@H]2CC[C@]1(C)C2(C)C. The maximum atomic E-state index is 11.1. The standard InChI is InChI=1S/C14H20O3/c1-12(2)10-5-7-13(12,3)14(16,9-10)8-6-11(15)17-4/h10,16H,5,7,9H2,1-4H3/t10-,13-,14-/m1/s1. The summed E-state index contributed by atoms with van der Waals surface area (Å²) in [6.45, 7) is 6.48. The number of carbonyl (C=O) groups excluding carboxylic acids is 1. The summed E-state index contributed by atoms with van der Waals surface area (Å²) in [7, 11) is 1.30. The average Bonchev–Trinajstić information content (AvgIpc) is 2.58. The van der Waals surface area contributed by atoms with Gasteiger partial charge >= 0.3 is 5.97 Å². The quantitative estimate of drug-likeness (QED) is 0.396. The molecule has 2 aliphatic rings. The second-order valence-electron chi connectivity index (χ2n) is 6.10. The molecule has 0 aromatic heterocycles. The minimum absolute atomic E-state index is 0.0759. The van der Waals surface area contributed by atoms with Gasteiger partial charge in [0.05, 0.1) is 7.11 Å². The van der Waals surface area contributed by atoms with Crippen LogP contribution in [0.5, 0.6) is 0 Å². The highest BCUT2D eigenvalue weighted by Crippen LogP contribution is 2.69. The van der Waals surface area contributed by atoms with Crippen LogP contribution in [0.25, 0.3) is 0 Å². The number of carbonyl (C=O) groups is 1. The lowest BCUT2D eigenvalue weighted by atomic mass is 9.64. The lowest BCUT2D eigenvalue weighted by Gasteiger charge is -2.42. The topological polar surface area (TPSA) is 46.5 Å². The molecule has 2 saturated carbocycles. The van der Waals surface area contributed by atoms with Crippen LogP contribution in [0.3, 0.4) is 0 Å². The predicted molar refractivity (Wildman–Crippen MR) is 64.0 cm³/mol. The molecule has 0 aromatic rings. The van der Waals surface area contributed by atoms with Crippen LogP contribution in [0.1, 0.15) is 40.0 Å². The van der Waals surface area contributed by atoms with Gasteiger partial charge in [-0.2, -0.15) is 0 Å². The van der Waals surface area contributed by atoms with Crippen molar-refractivity contribution in [2.45, 2.75) is 45.6 Å². The molecule has 0 radical (unpaired) electrons. The number of rotatable bonds is 0. The molecular weight excluding hydrogens is 216 g/mol. The Morgan fingerprint density at radius 3 is 2.47 bits per heavy atom. The zero-order chi connectivity index (χ0) is 12.9. The van der Waals surface area contributed by atoms with Gasteiger partial charge in [-0.05, 0) is 30.6 Å². The largest absolute Gasteiger partial charge is 0.459 e. The van der Waals surface area contributed by atoms with Crippen LogP contribution in [0.15, 0.2) is 0 Å². The van der Waals surface area contributed by atoms with Crippen molar-refractivity contribution in [1.29, 1.82) is 0 Å². The van der Waals surface area contributed by atoms with Gasteiger partial charge in [0.1, 0.15) is 5.60 Å². The lowest BCUT2D eigenvalue weighted by Crippen LogP contribution is -2.46. The first-order chi connectivity index (χ1) is 7.77. The summed E-state index contributed by atoms with van der Waals surface area (Å²) < 4.78 is 4.50. The summed E-state index contributed by atoms with van der Waals surface area (Å²) in [6, 6.07) is 0. The number of ether oxygens (including phenoxy) is 1. The maximum Gasteiger partial charge on any atom is 0.384 e. The van der Waals surface area contributed by atoms with E-state index in [4.69, 9.17) is 0 Å². The third-order valence-corrected chi connectivity index (χ3v) is 5.45. The van der Waals surface area contributed by atoms with E-state index in [0.29, 0.717) is 12.3 Å². The molecule has 0 unspecified atom stereocenters. The van der Waals surface area contributed by atoms with Crippen molar-refractivity contribution in [2.24, 2.45) is 16.7 Å². The first kappa shape index (κ1) is 12.4. The number of esters is 1. The Morgan fingerprint density at radius 1 is 1.41 bits per heavy atom. The van der Waals surface area contributed by atoms with Crippen LogP contribution in [0, 0.1) is 28.6 Å². The molecule has 3 heteroatoms. The zero-order valence-electron chi connectivity index (χ0n) is 11.0. The first-order valence-corrected chi connectivity index (χ1v) is 6.10. The Balaban J connectivity index is 2.35. The van der Waals surface area contributed by atoms with E-state index < -0.39 is 11.6 Å². The van der Waals surface area contributed by atoms with Gasteiger partial charge in [-0.1, -0.05) is 26.7 Å². The lowest BCUT2D eigenvalue weighted by molar-refractivity contribution is -0.133. The summed E-state index contributed by atoms with van der Waals surface area (Å²) in [6.07, 6.45) is 2.78. The molecule has 2 aliphatic carbocycles. The number of fused-ring (bicyclic) bond motifs is 2. The van der Waals surface area contributed by atoms with Gasteiger partial charge in [0.25, 0.3) is 0 Å². The van der Waals surface area contributed by atoms with Gasteiger partial charge in [0.2, 0.25) is 0 Å². The zero-order valence-corrected chi connectivity index (χ0v) is 11.0. The molecule has 17 heavy (non-hydrogen) atoms. The first-order valence-electron chi connectivity index (χ1n) is 6.10. The average molecular weight is 236 g/mol. The maximum absolute atomic E-state index is 11.1. The van der Waals surface area contributed by atoms with E-state index in [9.17, 15) is 9.90 Å². The molecule has 2 fully saturated rings. The van der Waals surface area contributed by atoms with Gasteiger partial charge in [0, 0.05) is 11.3 Å². The van der Waals surface area contributed by atoms with Crippen molar-refractivity contribution in [3.8, 4) is 11.8 Å². The molecule has 0 aliphatic heterocycles. The minimum Gasteiger partial charge on any atom is -0.459 e. The fourth-order valence-electron chi connectivity index (χ4n) is 3.67.